The van der Waals surface area contributed by atoms with Crippen LogP contribution < -0.4 is 11.1 Å². The molecule has 1 aromatic rings. The minimum atomic E-state index is 0.395. The number of nitrogens with two attached hydrogens (primary N) is 1. The molecule has 2 rings (SSSR count). The predicted molar refractivity (Wildman–Crippen MR) is 70.9 cm³/mol. The first-order valence-electron chi connectivity index (χ1n) is 6.43. The van der Waals surface area contributed by atoms with Crippen molar-refractivity contribution in [1.29, 1.82) is 0 Å². The molecule has 3 nitrogen and oxygen atoms in total. The molecule has 3 N–H and O–H groups in total. The Morgan fingerprint density at radius 1 is 1.41 bits per heavy atom. The van der Waals surface area contributed by atoms with Crippen molar-refractivity contribution >= 4 is 5.69 Å². The van der Waals surface area contributed by atoms with Gasteiger partial charge in [-0.3, -0.25) is 0 Å². The Balaban J connectivity index is 1.75. The van der Waals surface area contributed by atoms with E-state index >= 15 is 0 Å². The third-order valence-corrected chi connectivity index (χ3v) is 3.32. The summed E-state index contributed by atoms with van der Waals surface area (Å²) in [7, 11) is 0. The minimum absolute atomic E-state index is 0.395. The molecule has 1 aliphatic heterocycles. The standard InChI is InChI=1S/C14H22N2O/c1-11-5-6-12(8-14(11)15)9-16-10-13-4-2-3-7-17-13/h5-6,8,13,16H,2-4,7,9-10,15H2,1H3. The summed E-state index contributed by atoms with van der Waals surface area (Å²) in [6, 6.07) is 6.24. The maximum Gasteiger partial charge on any atom is 0.0699 e. The van der Waals surface area contributed by atoms with Gasteiger partial charge in [-0.15, -0.1) is 0 Å². The second-order valence-corrected chi connectivity index (χ2v) is 4.81. The Kier molecular flexibility index (Phi) is 4.40. The summed E-state index contributed by atoms with van der Waals surface area (Å²) in [6.07, 6.45) is 4.09. The molecule has 17 heavy (non-hydrogen) atoms. The van der Waals surface area contributed by atoms with Crippen LogP contribution in [-0.2, 0) is 11.3 Å². The van der Waals surface area contributed by atoms with E-state index in [0.29, 0.717) is 6.10 Å². The zero-order chi connectivity index (χ0) is 12.1. The highest BCUT2D eigenvalue weighted by molar-refractivity contribution is 5.48. The molecule has 1 aliphatic rings. The third-order valence-electron chi connectivity index (χ3n) is 3.32. The zero-order valence-corrected chi connectivity index (χ0v) is 10.5. The van der Waals surface area contributed by atoms with E-state index in [4.69, 9.17) is 10.5 Å². The number of hydrogen-bond acceptors (Lipinski definition) is 3. The molecule has 0 bridgehead atoms. The topological polar surface area (TPSA) is 47.3 Å². The Morgan fingerprint density at radius 2 is 2.29 bits per heavy atom. The van der Waals surface area contributed by atoms with E-state index in [-0.39, 0.29) is 0 Å². The van der Waals surface area contributed by atoms with Gasteiger partial charge in [-0.05, 0) is 43.4 Å². The van der Waals surface area contributed by atoms with Crippen molar-refractivity contribution in [3.8, 4) is 0 Å². The zero-order valence-electron chi connectivity index (χ0n) is 10.5. The molecule has 0 saturated carbocycles. The quantitative estimate of drug-likeness (QED) is 0.785. The molecular weight excluding hydrogens is 212 g/mol. The SMILES string of the molecule is Cc1ccc(CNCC2CCCCO2)cc1N. The second kappa shape index (κ2) is 6.03. The van der Waals surface area contributed by atoms with E-state index in [2.05, 4.69) is 17.4 Å². The highest BCUT2D eigenvalue weighted by Gasteiger charge is 2.12. The monoisotopic (exact) mass is 234 g/mol. The average molecular weight is 234 g/mol. The number of ether oxygens (including phenoxy) is 1. The Bertz CT molecular complexity index is 359. The van der Waals surface area contributed by atoms with E-state index in [1.165, 1.54) is 24.8 Å². The molecule has 0 aromatic heterocycles. The molecule has 0 radical (unpaired) electrons. The van der Waals surface area contributed by atoms with Crippen LogP contribution in [0.4, 0.5) is 5.69 Å². The molecule has 0 aliphatic carbocycles. The summed E-state index contributed by atoms with van der Waals surface area (Å²) in [5.74, 6) is 0. The molecule has 1 heterocycles. The lowest BCUT2D eigenvalue weighted by Crippen LogP contribution is -2.31. The van der Waals surface area contributed by atoms with Gasteiger partial charge in [0, 0.05) is 25.4 Å². The molecule has 1 fully saturated rings. The summed E-state index contributed by atoms with van der Waals surface area (Å²) < 4.78 is 5.67. The molecule has 0 spiro atoms. The van der Waals surface area contributed by atoms with Crippen LogP contribution in [0.1, 0.15) is 30.4 Å². The fourth-order valence-corrected chi connectivity index (χ4v) is 2.15. The smallest absolute Gasteiger partial charge is 0.0699 e. The molecule has 1 aromatic carbocycles. The van der Waals surface area contributed by atoms with Gasteiger partial charge in [-0.1, -0.05) is 12.1 Å². The lowest BCUT2D eigenvalue weighted by atomic mass is 10.1. The van der Waals surface area contributed by atoms with E-state index < -0.39 is 0 Å². The van der Waals surface area contributed by atoms with Gasteiger partial charge in [0.05, 0.1) is 6.10 Å². The molecule has 3 heteroatoms. The second-order valence-electron chi connectivity index (χ2n) is 4.81. The molecular formula is C14H22N2O. The van der Waals surface area contributed by atoms with Gasteiger partial charge in [-0.25, -0.2) is 0 Å². The number of hydrogen-bond donors (Lipinski definition) is 2. The van der Waals surface area contributed by atoms with E-state index in [1.54, 1.807) is 0 Å². The van der Waals surface area contributed by atoms with Crippen molar-refractivity contribution in [3.05, 3.63) is 29.3 Å². The summed E-state index contributed by atoms with van der Waals surface area (Å²) in [4.78, 5) is 0. The molecule has 94 valence electrons. The number of rotatable bonds is 4. The maximum atomic E-state index is 5.88. The number of aryl methyl sites for hydroxylation is 1. The lowest BCUT2D eigenvalue weighted by Gasteiger charge is -2.22. The van der Waals surface area contributed by atoms with Crippen LogP contribution in [0, 0.1) is 6.92 Å². The van der Waals surface area contributed by atoms with Gasteiger partial charge in [0.15, 0.2) is 0 Å². The number of nitrogens with one attached hydrogen (secondary N) is 1. The largest absolute Gasteiger partial charge is 0.399 e. The third kappa shape index (κ3) is 3.72. The van der Waals surface area contributed by atoms with Crippen molar-refractivity contribution in [1.82, 2.24) is 5.32 Å². The first-order chi connectivity index (χ1) is 8.25. The molecule has 0 amide bonds. The van der Waals surface area contributed by atoms with Crippen LogP contribution in [0.3, 0.4) is 0 Å². The van der Waals surface area contributed by atoms with Gasteiger partial charge in [0.25, 0.3) is 0 Å². The van der Waals surface area contributed by atoms with Crippen LogP contribution in [0.2, 0.25) is 0 Å². The molecule has 1 unspecified atom stereocenters. The maximum absolute atomic E-state index is 5.88. The van der Waals surface area contributed by atoms with E-state index in [0.717, 1.165) is 30.9 Å². The fourth-order valence-electron chi connectivity index (χ4n) is 2.15. The van der Waals surface area contributed by atoms with Crippen LogP contribution in [0.25, 0.3) is 0 Å². The van der Waals surface area contributed by atoms with Gasteiger partial charge >= 0.3 is 0 Å². The van der Waals surface area contributed by atoms with Crippen molar-refractivity contribution in [3.63, 3.8) is 0 Å². The fraction of sp³-hybridized carbons (Fsp3) is 0.571. The van der Waals surface area contributed by atoms with Crippen molar-refractivity contribution < 1.29 is 4.74 Å². The molecule has 1 saturated heterocycles. The van der Waals surface area contributed by atoms with Gasteiger partial charge in [-0.2, -0.15) is 0 Å². The van der Waals surface area contributed by atoms with Crippen LogP contribution in [0.5, 0.6) is 0 Å². The highest BCUT2D eigenvalue weighted by Crippen LogP contribution is 2.14. The molecule has 1 atom stereocenters. The van der Waals surface area contributed by atoms with Crippen molar-refractivity contribution in [2.45, 2.75) is 38.8 Å². The Labute approximate surface area is 103 Å². The van der Waals surface area contributed by atoms with Crippen LogP contribution in [-0.4, -0.2) is 19.3 Å². The number of anilines is 1. The predicted octanol–water partition coefficient (Wildman–Crippen LogP) is 2.24. The normalized spacial score (nSPS) is 20.4. The van der Waals surface area contributed by atoms with Gasteiger partial charge in [0.2, 0.25) is 0 Å². The first kappa shape index (κ1) is 12.4. The van der Waals surface area contributed by atoms with Gasteiger partial charge in [0.1, 0.15) is 0 Å². The van der Waals surface area contributed by atoms with Crippen LogP contribution in [0.15, 0.2) is 18.2 Å². The van der Waals surface area contributed by atoms with Crippen molar-refractivity contribution in [2.75, 3.05) is 18.9 Å². The van der Waals surface area contributed by atoms with Gasteiger partial charge < -0.3 is 15.8 Å². The van der Waals surface area contributed by atoms with E-state index in [9.17, 15) is 0 Å². The summed E-state index contributed by atoms with van der Waals surface area (Å²) in [5.41, 5.74) is 9.14. The average Bonchev–Trinajstić information content (AvgIpc) is 2.35. The van der Waals surface area contributed by atoms with Crippen LogP contribution >= 0.6 is 0 Å². The number of nitrogen functional groups attached to an aromatic ring is 1. The first-order valence-corrected chi connectivity index (χ1v) is 6.43. The Hall–Kier alpha value is -1.06. The summed E-state index contributed by atoms with van der Waals surface area (Å²) >= 11 is 0. The van der Waals surface area contributed by atoms with Crippen molar-refractivity contribution in [2.24, 2.45) is 0 Å². The minimum Gasteiger partial charge on any atom is -0.399 e. The highest BCUT2D eigenvalue weighted by atomic mass is 16.5. The Morgan fingerprint density at radius 3 is 3.00 bits per heavy atom. The lowest BCUT2D eigenvalue weighted by molar-refractivity contribution is 0.0168. The number of benzene rings is 1. The summed E-state index contributed by atoms with van der Waals surface area (Å²) in [6.45, 7) is 4.75. The van der Waals surface area contributed by atoms with E-state index in [1.807, 2.05) is 13.0 Å². The summed E-state index contributed by atoms with van der Waals surface area (Å²) in [5, 5.41) is 3.44.